The predicted molar refractivity (Wildman–Crippen MR) is 71.4 cm³/mol. The summed E-state index contributed by atoms with van der Waals surface area (Å²) in [7, 11) is 1.61. The minimum absolute atomic E-state index is 0.0421. The summed E-state index contributed by atoms with van der Waals surface area (Å²) in [5, 5.41) is 4.20. The third-order valence-corrected chi connectivity index (χ3v) is 3.14. The molecule has 0 saturated heterocycles. The Bertz CT molecular complexity index is 560. The first-order valence-electron chi connectivity index (χ1n) is 5.37. The van der Waals surface area contributed by atoms with E-state index in [1.807, 2.05) is 24.3 Å². The first-order valence-corrected chi connectivity index (χ1v) is 6.49. The maximum Gasteiger partial charge on any atom is 0.179 e. The average molecular weight is 310 g/mol. The van der Waals surface area contributed by atoms with Gasteiger partial charge in [0.2, 0.25) is 0 Å². The number of methoxy groups -OCH3 is 1. The maximum atomic E-state index is 11.8. The lowest BCUT2D eigenvalue weighted by Crippen LogP contribution is -2.02. The van der Waals surface area contributed by atoms with Crippen LogP contribution in [0.15, 0.2) is 28.8 Å². The molecule has 94 valence electrons. The van der Waals surface area contributed by atoms with Gasteiger partial charge in [0.15, 0.2) is 5.78 Å². The van der Waals surface area contributed by atoms with E-state index in [1.165, 1.54) is 0 Å². The number of hydrogen-bond donors (Lipinski definition) is 0. The molecule has 0 aliphatic rings. The molecule has 0 aliphatic heterocycles. The summed E-state index contributed by atoms with van der Waals surface area (Å²) in [6.45, 7) is 1.73. The number of nitrogens with zero attached hydrogens (tertiary/aromatic N) is 1. The summed E-state index contributed by atoms with van der Waals surface area (Å²) < 4.78 is 10.2. The number of halogens is 1. The van der Waals surface area contributed by atoms with Crippen LogP contribution in [0, 0.1) is 6.92 Å². The van der Waals surface area contributed by atoms with E-state index in [0.29, 0.717) is 17.0 Å². The Morgan fingerprint density at radius 2 is 2.06 bits per heavy atom. The molecular weight excluding hydrogens is 298 g/mol. The largest absolute Gasteiger partial charge is 0.497 e. The summed E-state index contributed by atoms with van der Waals surface area (Å²) in [5.41, 5.74) is 1.92. The monoisotopic (exact) mass is 309 g/mol. The quantitative estimate of drug-likeness (QED) is 0.642. The highest BCUT2D eigenvalue weighted by molar-refractivity contribution is 9.09. The minimum Gasteiger partial charge on any atom is -0.497 e. The molecule has 2 rings (SSSR count). The fraction of sp³-hybridized carbons (Fsp3) is 0.231. The number of aromatic nitrogens is 1. The molecule has 2 aromatic rings. The van der Waals surface area contributed by atoms with E-state index >= 15 is 0 Å². The number of alkyl halides is 1. The number of benzene rings is 1. The van der Waals surface area contributed by atoms with Crippen molar-refractivity contribution in [3.05, 3.63) is 35.6 Å². The van der Waals surface area contributed by atoms with Crippen LogP contribution in [0.4, 0.5) is 0 Å². The van der Waals surface area contributed by atoms with Crippen LogP contribution in [0.3, 0.4) is 0 Å². The highest BCUT2D eigenvalue weighted by Gasteiger charge is 2.20. The van der Waals surface area contributed by atoms with Crippen LogP contribution in [0.25, 0.3) is 11.3 Å². The first-order chi connectivity index (χ1) is 8.67. The number of ether oxygens (including phenoxy) is 1. The molecule has 0 N–H and O–H groups in total. The van der Waals surface area contributed by atoms with E-state index in [0.717, 1.165) is 11.3 Å². The third kappa shape index (κ3) is 2.31. The van der Waals surface area contributed by atoms with Gasteiger partial charge in [0.1, 0.15) is 17.2 Å². The van der Waals surface area contributed by atoms with Crippen LogP contribution in [-0.4, -0.2) is 23.4 Å². The number of ketones is 1. The van der Waals surface area contributed by atoms with Crippen molar-refractivity contribution >= 4 is 21.7 Å². The molecule has 1 heterocycles. The van der Waals surface area contributed by atoms with Gasteiger partial charge in [-0.25, -0.2) is 0 Å². The number of aryl methyl sites for hydroxylation is 1. The van der Waals surface area contributed by atoms with Crippen LogP contribution in [0.2, 0.25) is 0 Å². The van der Waals surface area contributed by atoms with Gasteiger partial charge >= 0.3 is 0 Å². The summed E-state index contributed by atoms with van der Waals surface area (Å²) in [6, 6.07) is 7.34. The molecule has 1 aromatic carbocycles. The number of hydrogen-bond acceptors (Lipinski definition) is 4. The second kappa shape index (κ2) is 5.35. The van der Waals surface area contributed by atoms with Gasteiger partial charge in [0.25, 0.3) is 0 Å². The second-order valence-corrected chi connectivity index (χ2v) is 4.31. The molecule has 18 heavy (non-hydrogen) atoms. The van der Waals surface area contributed by atoms with Crippen molar-refractivity contribution in [2.24, 2.45) is 0 Å². The van der Waals surface area contributed by atoms with E-state index < -0.39 is 0 Å². The highest BCUT2D eigenvalue weighted by atomic mass is 79.9. The number of carbonyl (C=O) groups excluding carboxylic acids is 1. The van der Waals surface area contributed by atoms with Crippen LogP contribution in [0.5, 0.6) is 5.75 Å². The Hall–Kier alpha value is -1.62. The highest BCUT2D eigenvalue weighted by Crippen LogP contribution is 2.27. The Balaban J connectivity index is 2.47. The smallest absolute Gasteiger partial charge is 0.179 e. The van der Waals surface area contributed by atoms with Crippen molar-refractivity contribution in [2.45, 2.75) is 6.92 Å². The molecule has 0 aliphatic carbocycles. The van der Waals surface area contributed by atoms with Crippen molar-refractivity contribution < 1.29 is 14.1 Å². The molecule has 0 spiro atoms. The summed E-state index contributed by atoms with van der Waals surface area (Å²) in [4.78, 5) is 11.8. The van der Waals surface area contributed by atoms with E-state index in [9.17, 15) is 4.79 Å². The number of Topliss-reactive ketones (excluding diaryl/α,β-unsaturated/α-hetero) is 1. The van der Waals surface area contributed by atoms with Crippen LogP contribution in [0.1, 0.15) is 16.1 Å². The minimum atomic E-state index is -0.0421. The third-order valence-electron chi connectivity index (χ3n) is 2.63. The van der Waals surface area contributed by atoms with Crippen molar-refractivity contribution in [1.29, 1.82) is 0 Å². The Morgan fingerprint density at radius 3 is 2.61 bits per heavy atom. The summed E-state index contributed by atoms with van der Waals surface area (Å²) in [6.07, 6.45) is 0. The van der Waals surface area contributed by atoms with Crippen molar-refractivity contribution in [2.75, 3.05) is 12.4 Å². The topological polar surface area (TPSA) is 52.3 Å². The molecule has 0 fully saturated rings. The molecule has 0 unspecified atom stereocenters. The van der Waals surface area contributed by atoms with Gasteiger partial charge in [-0.05, 0) is 31.2 Å². The van der Waals surface area contributed by atoms with Crippen LogP contribution >= 0.6 is 15.9 Å². The van der Waals surface area contributed by atoms with Gasteiger partial charge in [-0.1, -0.05) is 21.1 Å². The lowest BCUT2D eigenvalue weighted by atomic mass is 10.0. The summed E-state index contributed by atoms with van der Waals surface area (Å²) >= 11 is 3.16. The lowest BCUT2D eigenvalue weighted by molar-refractivity contribution is 0.102. The second-order valence-electron chi connectivity index (χ2n) is 3.75. The van der Waals surface area contributed by atoms with E-state index in [-0.39, 0.29) is 11.1 Å². The normalized spacial score (nSPS) is 10.4. The van der Waals surface area contributed by atoms with Gasteiger partial charge in [-0.15, -0.1) is 0 Å². The molecular formula is C13H12BrNO3. The lowest BCUT2D eigenvalue weighted by Gasteiger charge is -2.02. The van der Waals surface area contributed by atoms with Crippen LogP contribution < -0.4 is 4.74 Å². The first kappa shape index (κ1) is 12.8. The van der Waals surface area contributed by atoms with Gasteiger partial charge in [0.05, 0.1) is 18.0 Å². The van der Waals surface area contributed by atoms with Gasteiger partial charge in [-0.3, -0.25) is 4.79 Å². The Morgan fingerprint density at radius 1 is 1.39 bits per heavy atom. The number of carbonyl (C=O) groups is 1. The maximum absolute atomic E-state index is 11.8. The van der Waals surface area contributed by atoms with E-state index in [4.69, 9.17) is 9.26 Å². The van der Waals surface area contributed by atoms with Crippen LogP contribution in [-0.2, 0) is 0 Å². The van der Waals surface area contributed by atoms with Crippen molar-refractivity contribution in [3.63, 3.8) is 0 Å². The molecule has 1 aromatic heterocycles. The van der Waals surface area contributed by atoms with E-state index in [2.05, 4.69) is 21.1 Å². The standard InChI is InChI=1S/C13H12BrNO3/c1-8-12(11(16)7-14)13(15-18-8)9-3-5-10(17-2)6-4-9/h3-6H,7H2,1-2H3. The Kier molecular flexibility index (Phi) is 3.81. The Labute approximate surface area is 113 Å². The van der Waals surface area contributed by atoms with Crippen molar-refractivity contribution in [1.82, 2.24) is 5.16 Å². The zero-order valence-corrected chi connectivity index (χ0v) is 11.7. The molecule has 4 nitrogen and oxygen atoms in total. The van der Waals surface area contributed by atoms with Gasteiger partial charge in [0, 0.05) is 5.56 Å². The molecule has 0 saturated carbocycles. The zero-order chi connectivity index (χ0) is 13.1. The van der Waals surface area contributed by atoms with E-state index in [1.54, 1.807) is 14.0 Å². The number of rotatable bonds is 4. The van der Waals surface area contributed by atoms with Crippen molar-refractivity contribution in [3.8, 4) is 17.0 Å². The van der Waals surface area contributed by atoms with Gasteiger partial charge in [-0.2, -0.15) is 0 Å². The average Bonchev–Trinajstić information content (AvgIpc) is 2.80. The molecule has 5 heteroatoms. The molecule has 0 radical (unpaired) electrons. The zero-order valence-electron chi connectivity index (χ0n) is 10.1. The summed E-state index contributed by atoms with van der Waals surface area (Å²) in [5.74, 6) is 1.25. The fourth-order valence-electron chi connectivity index (χ4n) is 1.71. The molecule has 0 amide bonds. The SMILES string of the molecule is COc1ccc(-c2noc(C)c2C(=O)CBr)cc1. The fourth-order valence-corrected chi connectivity index (χ4v) is 1.99. The molecule has 0 bridgehead atoms. The molecule has 0 atom stereocenters. The van der Waals surface area contributed by atoms with Gasteiger partial charge < -0.3 is 9.26 Å². The predicted octanol–water partition coefficient (Wildman–Crippen LogP) is 3.24.